The molecule has 3 heterocycles. The summed E-state index contributed by atoms with van der Waals surface area (Å²) in [6.07, 6.45) is -2.76. The number of alkyl halides is 3. The Morgan fingerprint density at radius 1 is 1.23 bits per heavy atom. The lowest BCUT2D eigenvalue weighted by atomic mass is 10.1. The van der Waals surface area contributed by atoms with Crippen LogP contribution in [0.25, 0.3) is 11.0 Å². The normalized spacial score (nSPS) is 13.2. The molecule has 0 amide bonds. The van der Waals surface area contributed by atoms with Crippen LogP contribution < -0.4 is 5.32 Å². The highest BCUT2D eigenvalue weighted by atomic mass is 19.4. The Morgan fingerprint density at radius 2 is 2.00 bits per heavy atom. The van der Waals surface area contributed by atoms with Crippen molar-refractivity contribution in [1.29, 1.82) is 0 Å². The summed E-state index contributed by atoms with van der Waals surface area (Å²) in [6, 6.07) is 4.71. The first-order valence-electron chi connectivity index (χ1n) is 8.19. The molecular weight excluding hydrogens is 345 g/mol. The molecule has 0 aliphatic rings. The third-order valence-electron chi connectivity index (χ3n) is 3.88. The van der Waals surface area contributed by atoms with E-state index >= 15 is 0 Å². The van der Waals surface area contributed by atoms with Crippen molar-refractivity contribution >= 4 is 16.9 Å². The first kappa shape index (κ1) is 18.1. The number of aryl methyl sites for hydroxylation is 2. The highest BCUT2D eigenvalue weighted by Gasteiger charge is 2.35. The Labute approximate surface area is 148 Å². The lowest BCUT2D eigenvalue weighted by Gasteiger charge is -2.17. The zero-order chi connectivity index (χ0) is 18.9. The van der Waals surface area contributed by atoms with Crippen LogP contribution in [0.2, 0.25) is 0 Å². The third-order valence-corrected chi connectivity index (χ3v) is 3.88. The molecule has 1 atom stereocenters. The molecule has 1 N–H and O–H groups in total. The van der Waals surface area contributed by atoms with Gasteiger partial charge in [-0.05, 0) is 38.0 Å². The maximum atomic E-state index is 13.1. The quantitative estimate of drug-likeness (QED) is 0.749. The van der Waals surface area contributed by atoms with Gasteiger partial charge in [0.15, 0.2) is 5.65 Å². The van der Waals surface area contributed by atoms with Gasteiger partial charge in [-0.1, -0.05) is 6.92 Å². The molecule has 0 aliphatic heterocycles. The van der Waals surface area contributed by atoms with Gasteiger partial charge < -0.3 is 5.32 Å². The van der Waals surface area contributed by atoms with E-state index in [0.29, 0.717) is 29.5 Å². The molecule has 3 aromatic rings. The fourth-order valence-electron chi connectivity index (χ4n) is 2.75. The van der Waals surface area contributed by atoms with Crippen molar-refractivity contribution in [3.63, 3.8) is 0 Å². The number of anilines is 1. The lowest BCUT2D eigenvalue weighted by Crippen LogP contribution is -2.22. The Hall–Kier alpha value is -2.71. The van der Waals surface area contributed by atoms with E-state index in [1.165, 1.54) is 0 Å². The van der Waals surface area contributed by atoms with E-state index in [0.717, 1.165) is 16.1 Å². The molecule has 0 spiro atoms. The standard InChI is InChI=1S/C17H19F3N6/c1-10(9-26-14(17(18,19)20)7-11(2)25-26)8-22-16-13-5-4-6-21-15(13)23-12(3)24-16/h4-7,10H,8-9H2,1-3H3,(H,21,22,23,24). The van der Waals surface area contributed by atoms with Gasteiger partial charge in [0.1, 0.15) is 17.3 Å². The van der Waals surface area contributed by atoms with Crippen LogP contribution in [0.5, 0.6) is 0 Å². The lowest BCUT2D eigenvalue weighted by molar-refractivity contribution is -0.144. The summed E-state index contributed by atoms with van der Waals surface area (Å²) in [5, 5.41) is 7.94. The molecular formula is C17H19F3N6. The number of pyridine rings is 1. The monoisotopic (exact) mass is 364 g/mol. The molecule has 0 saturated carbocycles. The second-order valence-corrected chi connectivity index (χ2v) is 6.33. The molecule has 6 nitrogen and oxygen atoms in total. The predicted octanol–water partition coefficient (Wildman–Crippen LogP) is 3.61. The van der Waals surface area contributed by atoms with E-state index in [4.69, 9.17) is 0 Å². The van der Waals surface area contributed by atoms with Gasteiger partial charge in [-0.25, -0.2) is 15.0 Å². The third kappa shape index (κ3) is 3.92. The van der Waals surface area contributed by atoms with Crippen molar-refractivity contribution in [3.05, 3.63) is 41.6 Å². The van der Waals surface area contributed by atoms with Crippen LogP contribution in [0, 0.1) is 19.8 Å². The average Bonchev–Trinajstić information content (AvgIpc) is 2.93. The summed E-state index contributed by atoms with van der Waals surface area (Å²) in [5.74, 6) is 1.10. The van der Waals surface area contributed by atoms with E-state index in [1.54, 1.807) is 26.1 Å². The Kier molecular flexibility index (Phi) is 4.80. The van der Waals surface area contributed by atoms with Gasteiger partial charge >= 0.3 is 6.18 Å². The number of nitrogens with one attached hydrogen (secondary N) is 1. The number of nitrogens with zero attached hydrogens (tertiary/aromatic N) is 5. The highest BCUT2D eigenvalue weighted by molar-refractivity contribution is 5.86. The minimum Gasteiger partial charge on any atom is -0.369 e. The van der Waals surface area contributed by atoms with Crippen molar-refractivity contribution in [1.82, 2.24) is 24.7 Å². The van der Waals surface area contributed by atoms with Crippen LogP contribution in [0.1, 0.15) is 24.1 Å². The van der Waals surface area contributed by atoms with Crippen molar-refractivity contribution in [2.75, 3.05) is 11.9 Å². The number of hydrogen-bond acceptors (Lipinski definition) is 5. The number of halogens is 3. The maximum absolute atomic E-state index is 13.1. The average molecular weight is 364 g/mol. The first-order chi connectivity index (χ1) is 12.2. The molecule has 3 aromatic heterocycles. The molecule has 138 valence electrons. The summed E-state index contributed by atoms with van der Waals surface area (Å²) >= 11 is 0. The summed E-state index contributed by atoms with van der Waals surface area (Å²) in [7, 11) is 0. The first-order valence-corrected chi connectivity index (χ1v) is 8.19. The Bertz CT molecular complexity index is 918. The van der Waals surface area contributed by atoms with Crippen LogP contribution >= 0.6 is 0 Å². The van der Waals surface area contributed by atoms with Gasteiger partial charge in [-0.2, -0.15) is 18.3 Å². The van der Waals surface area contributed by atoms with Crippen LogP contribution in [0.3, 0.4) is 0 Å². The molecule has 0 aromatic carbocycles. The van der Waals surface area contributed by atoms with E-state index in [9.17, 15) is 13.2 Å². The number of hydrogen-bond donors (Lipinski definition) is 1. The SMILES string of the molecule is Cc1cc(C(F)(F)F)n(CC(C)CNc2nc(C)nc3ncccc23)n1. The topological polar surface area (TPSA) is 68.5 Å². The van der Waals surface area contributed by atoms with Crippen LogP contribution in [-0.4, -0.2) is 31.3 Å². The number of aromatic nitrogens is 5. The minimum atomic E-state index is -4.42. The summed E-state index contributed by atoms with van der Waals surface area (Å²) < 4.78 is 40.3. The Morgan fingerprint density at radius 3 is 2.73 bits per heavy atom. The fraction of sp³-hybridized carbons (Fsp3) is 0.412. The van der Waals surface area contributed by atoms with Gasteiger partial charge in [0.25, 0.3) is 0 Å². The maximum Gasteiger partial charge on any atom is 0.433 e. The van der Waals surface area contributed by atoms with Gasteiger partial charge in [0.05, 0.1) is 11.1 Å². The second kappa shape index (κ2) is 6.89. The number of rotatable bonds is 5. The summed E-state index contributed by atoms with van der Waals surface area (Å²) in [4.78, 5) is 12.9. The van der Waals surface area contributed by atoms with Gasteiger partial charge in [0.2, 0.25) is 0 Å². The van der Waals surface area contributed by atoms with Crippen molar-refractivity contribution in [3.8, 4) is 0 Å². The van der Waals surface area contributed by atoms with Crippen molar-refractivity contribution in [2.45, 2.75) is 33.5 Å². The molecule has 0 radical (unpaired) electrons. The van der Waals surface area contributed by atoms with Crippen molar-refractivity contribution < 1.29 is 13.2 Å². The molecule has 1 unspecified atom stereocenters. The number of fused-ring (bicyclic) bond motifs is 1. The molecule has 0 fully saturated rings. The van der Waals surface area contributed by atoms with E-state index in [-0.39, 0.29) is 12.5 Å². The Balaban J connectivity index is 1.74. The largest absolute Gasteiger partial charge is 0.433 e. The van der Waals surface area contributed by atoms with Crippen LogP contribution in [0.15, 0.2) is 24.4 Å². The zero-order valence-electron chi connectivity index (χ0n) is 14.7. The van der Waals surface area contributed by atoms with E-state index in [2.05, 4.69) is 25.4 Å². The summed E-state index contributed by atoms with van der Waals surface area (Å²) in [5.41, 5.74) is 0.201. The fourth-order valence-corrected chi connectivity index (χ4v) is 2.75. The molecule has 0 aliphatic carbocycles. The zero-order valence-corrected chi connectivity index (χ0v) is 14.7. The molecule has 0 saturated heterocycles. The summed E-state index contributed by atoms with van der Waals surface area (Å²) in [6.45, 7) is 5.77. The van der Waals surface area contributed by atoms with Crippen molar-refractivity contribution in [2.24, 2.45) is 5.92 Å². The molecule has 3 rings (SSSR count). The minimum absolute atomic E-state index is 0.0996. The van der Waals surface area contributed by atoms with E-state index < -0.39 is 11.9 Å². The highest BCUT2D eigenvalue weighted by Crippen LogP contribution is 2.30. The van der Waals surface area contributed by atoms with Gasteiger partial charge in [-0.15, -0.1) is 0 Å². The van der Waals surface area contributed by atoms with Gasteiger partial charge in [0, 0.05) is 19.3 Å². The van der Waals surface area contributed by atoms with Crippen LogP contribution in [0.4, 0.5) is 19.0 Å². The molecule has 9 heteroatoms. The molecule has 26 heavy (non-hydrogen) atoms. The van der Waals surface area contributed by atoms with Gasteiger partial charge in [-0.3, -0.25) is 4.68 Å². The van der Waals surface area contributed by atoms with E-state index in [1.807, 2.05) is 13.0 Å². The molecule has 0 bridgehead atoms. The van der Waals surface area contributed by atoms with Crippen LogP contribution in [-0.2, 0) is 12.7 Å². The predicted molar refractivity (Wildman–Crippen MR) is 91.7 cm³/mol. The smallest absolute Gasteiger partial charge is 0.369 e. The second-order valence-electron chi connectivity index (χ2n) is 6.33.